The molecule has 2 saturated carbocycles. The molecule has 5 nitrogen and oxygen atoms in total. The van der Waals surface area contributed by atoms with E-state index in [-0.39, 0.29) is 23.8 Å². The second-order valence-corrected chi connectivity index (χ2v) is 11.9. The average molecular weight is 486 g/mol. The second kappa shape index (κ2) is 9.66. The molecular formula is C31H39N3O2. The lowest BCUT2D eigenvalue weighted by molar-refractivity contribution is -0.126. The van der Waals surface area contributed by atoms with Gasteiger partial charge in [-0.1, -0.05) is 48.5 Å². The fraction of sp³-hybridized carbons (Fsp3) is 0.548. The third-order valence-corrected chi connectivity index (χ3v) is 9.41. The molecule has 2 aromatic rings. The van der Waals surface area contributed by atoms with Crippen LogP contribution in [-0.4, -0.2) is 54.3 Å². The van der Waals surface area contributed by atoms with Gasteiger partial charge >= 0.3 is 0 Å². The lowest BCUT2D eigenvalue weighted by Gasteiger charge is -2.26. The van der Waals surface area contributed by atoms with Gasteiger partial charge in [0, 0.05) is 44.2 Å². The molecule has 2 saturated heterocycles. The third-order valence-electron chi connectivity index (χ3n) is 9.41. The molecule has 6 rings (SSSR count). The molecule has 0 bridgehead atoms. The van der Waals surface area contributed by atoms with E-state index in [0.29, 0.717) is 11.8 Å². The first-order valence-corrected chi connectivity index (χ1v) is 13.9. The monoisotopic (exact) mass is 485 g/mol. The lowest BCUT2D eigenvalue weighted by Crippen LogP contribution is -2.37. The van der Waals surface area contributed by atoms with Gasteiger partial charge in [-0.3, -0.25) is 9.59 Å². The molecule has 2 aliphatic carbocycles. The van der Waals surface area contributed by atoms with Crippen LogP contribution in [0, 0.1) is 43.4 Å². The van der Waals surface area contributed by atoms with Gasteiger partial charge in [0.25, 0.3) is 5.91 Å². The van der Waals surface area contributed by atoms with E-state index in [2.05, 4.69) is 39.4 Å². The SMILES string of the molecule is Cc1cccc(C)c1C(=O)N1CC2CN(CC[C@H](NC(=O)C3C[C@@H]4C[C@@H]4C3)c3ccccc3)CC2C1. The van der Waals surface area contributed by atoms with E-state index in [1.165, 1.54) is 12.0 Å². The zero-order valence-electron chi connectivity index (χ0n) is 21.7. The number of aryl methyl sites for hydroxylation is 2. The van der Waals surface area contributed by atoms with Crippen molar-refractivity contribution in [1.82, 2.24) is 15.1 Å². The number of rotatable bonds is 7. The van der Waals surface area contributed by atoms with Crippen LogP contribution in [0.2, 0.25) is 0 Å². The Morgan fingerprint density at radius 1 is 0.833 bits per heavy atom. The highest BCUT2D eigenvalue weighted by atomic mass is 16.2. The van der Waals surface area contributed by atoms with Crippen molar-refractivity contribution in [1.29, 1.82) is 0 Å². The summed E-state index contributed by atoms with van der Waals surface area (Å²) in [5.74, 6) is 3.41. The molecule has 2 aliphatic heterocycles. The molecule has 0 spiro atoms. The van der Waals surface area contributed by atoms with Crippen LogP contribution in [0.4, 0.5) is 0 Å². The summed E-state index contributed by atoms with van der Waals surface area (Å²) in [5, 5.41) is 3.42. The van der Waals surface area contributed by atoms with E-state index in [9.17, 15) is 9.59 Å². The molecular weight excluding hydrogens is 446 g/mol. The molecule has 4 fully saturated rings. The van der Waals surface area contributed by atoms with Gasteiger partial charge in [-0.15, -0.1) is 0 Å². The van der Waals surface area contributed by atoms with Crippen molar-refractivity contribution in [2.45, 2.75) is 45.6 Å². The van der Waals surface area contributed by atoms with E-state index in [0.717, 1.165) is 80.5 Å². The number of nitrogens with one attached hydrogen (secondary N) is 1. The van der Waals surface area contributed by atoms with Crippen LogP contribution in [-0.2, 0) is 4.79 Å². The minimum absolute atomic E-state index is 0.0678. The summed E-state index contributed by atoms with van der Waals surface area (Å²) >= 11 is 0. The number of carbonyl (C=O) groups excluding carboxylic acids is 2. The first-order chi connectivity index (χ1) is 17.5. The highest BCUT2D eigenvalue weighted by molar-refractivity contribution is 5.97. The number of benzene rings is 2. The predicted octanol–water partition coefficient (Wildman–Crippen LogP) is 4.60. The van der Waals surface area contributed by atoms with Gasteiger partial charge < -0.3 is 15.1 Å². The van der Waals surface area contributed by atoms with Crippen LogP contribution >= 0.6 is 0 Å². The molecule has 6 atom stereocenters. The zero-order valence-corrected chi connectivity index (χ0v) is 21.7. The Balaban J connectivity index is 1.04. The Morgan fingerprint density at radius 3 is 2.11 bits per heavy atom. The Hall–Kier alpha value is -2.66. The summed E-state index contributed by atoms with van der Waals surface area (Å²) in [6.45, 7) is 8.86. The third kappa shape index (κ3) is 4.70. The summed E-state index contributed by atoms with van der Waals surface area (Å²) in [4.78, 5) is 31.0. The van der Waals surface area contributed by atoms with Gasteiger partial charge in [0.2, 0.25) is 5.91 Å². The van der Waals surface area contributed by atoms with Crippen molar-refractivity contribution in [2.24, 2.45) is 29.6 Å². The molecule has 5 heteroatoms. The fourth-order valence-electron chi connectivity index (χ4n) is 7.29. The lowest BCUT2D eigenvalue weighted by atomic mass is 9.99. The minimum Gasteiger partial charge on any atom is -0.349 e. The molecule has 190 valence electrons. The number of hydrogen-bond acceptors (Lipinski definition) is 3. The van der Waals surface area contributed by atoms with Crippen molar-refractivity contribution in [3.63, 3.8) is 0 Å². The molecule has 1 N–H and O–H groups in total. The van der Waals surface area contributed by atoms with E-state index in [1.807, 2.05) is 38.1 Å². The molecule has 2 heterocycles. The smallest absolute Gasteiger partial charge is 0.254 e. The molecule has 36 heavy (non-hydrogen) atoms. The van der Waals surface area contributed by atoms with Crippen LogP contribution in [0.5, 0.6) is 0 Å². The molecule has 0 aromatic heterocycles. The Morgan fingerprint density at radius 2 is 1.47 bits per heavy atom. The normalized spacial score (nSPS) is 29.6. The van der Waals surface area contributed by atoms with Crippen molar-refractivity contribution in [2.75, 3.05) is 32.7 Å². The number of hydrogen-bond donors (Lipinski definition) is 1. The van der Waals surface area contributed by atoms with Gasteiger partial charge in [-0.25, -0.2) is 0 Å². The summed E-state index contributed by atoms with van der Waals surface area (Å²) in [5.41, 5.74) is 4.23. The summed E-state index contributed by atoms with van der Waals surface area (Å²) < 4.78 is 0. The first kappa shape index (κ1) is 23.7. The molecule has 4 aliphatic rings. The van der Waals surface area contributed by atoms with Crippen LogP contribution in [0.25, 0.3) is 0 Å². The van der Waals surface area contributed by atoms with Gasteiger partial charge in [0.15, 0.2) is 0 Å². The molecule has 2 amide bonds. The van der Waals surface area contributed by atoms with Gasteiger partial charge in [0.05, 0.1) is 6.04 Å². The van der Waals surface area contributed by atoms with Gasteiger partial charge in [-0.05, 0) is 79.9 Å². The number of likely N-dealkylation sites (tertiary alicyclic amines) is 2. The molecule has 3 unspecified atom stereocenters. The van der Waals surface area contributed by atoms with Crippen molar-refractivity contribution < 1.29 is 9.59 Å². The van der Waals surface area contributed by atoms with Crippen LogP contribution in [0.3, 0.4) is 0 Å². The minimum atomic E-state index is 0.0678. The van der Waals surface area contributed by atoms with E-state index >= 15 is 0 Å². The second-order valence-electron chi connectivity index (χ2n) is 11.9. The van der Waals surface area contributed by atoms with Crippen LogP contribution in [0.1, 0.15) is 58.8 Å². The Labute approximate surface area is 215 Å². The number of carbonyl (C=O) groups is 2. The molecule has 2 aromatic carbocycles. The summed E-state index contributed by atoms with van der Waals surface area (Å²) in [6.07, 6.45) is 4.45. The topological polar surface area (TPSA) is 52.7 Å². The fourth-order valence-corrected chi connectivity index (χ4v) is 7.29. The highest BCUT2D eigenvalue weighted by Crippen LogP contribution is 2.54. The van der Waals surface area contributed by atoms with Crippen molar-refractivity contribution in [3.8, 4) is 0 Å². The standard InChI is InChI=1S/C31H39N3O2/c1-20-7-6-8-21(2)29(20)31(36)34-18-26-16-33(17-27(26)19-34)12-11-28(22-9-4-3-5-10-22)32-30(35)25-14-23-13-24(23)15-25/h3-10,23-28H,11-19H2,1-2H3,(H,32,35)/t23-,24+,25?,26?,27?,28-/m0/s1. The van der Waals surface area contributed by atoms with Crippen molar-refractivity contribution in [3.05, 3.63) is 70.8 Å². The molecule has 0 radical (unpaired) electrons. The maximum absolute atomic E-state index is 13.3. The van der Waals surface area contributed by atoms with Gasteiger partial charge in [0.1, 0.15) is 0 Å². The predicted molar refractivity (Wildman–Crippen MR) is 142 cm³/mol. The first-order valence-electron chi connectivity index (χ1n) is 13.9. The summed E-state index contributed by atoms with van der Waals surface area (Å²) in [7, 11) is 0. The Bertz CT molecular complexity index is 1090. The maximum Gasteiger partial charge on any atom is 0.254 e. The van der Waals surface area contributed by atoms with Crippen molar-refractivity contribution >= 4 is 11.8 Å². The van der Waals surface area contributed by atoms with E-state index in [4.69, 9.17) is 0 Å². The largest absolute Gasteiger partial charge is 0.349 e. The van der Waals surface area contributed by atoms with Crippen LogP contribution < -0.4 is 5.32 Å². The quantitative estimate of drug-likeness (QED) is 0.624. The van der Waals surface area contributed by atoms with Crippen LogP contribution in [0.15, 0.2) is 48.5 Å². The van der Waals surface area contributed by atoms with E-state index < -0.39 is 0 Å². The highest BCUT2D eigenvalue weighted by Gasteiger charge is 2.48. The number of fused-ring (bicyclic) bond motifs is 2. The number of amides is 2. The maximum atomic E-state index is 13.3. The zero-order chi connectivity index (χ0) is 24.8. The average Bonchev–Trinajstić information content (AvgIpc) is 3.18. The number of nitrogens with zero attached hydrogens (tertiary/aromatic N) is 2. The summed E-state index contributed by atoms with van der Waals surface area (Å²) in [6, 6.07) is 16.6. The van der Waals surface area contributed by atoms with Gasteiger partial charge in [-0.2, -0.15) is 0 Å². The Kier molecular flexibility index (Phi) is 6.37. The van der Waals surface area contributed by atoms with E-state index in [1.54, 1.807) is 0 Å².